The highest BCUT2D eigenvalue weighted by Crippen LogP contribution is 1.43. The van der Waals surface area contributed by atoms with E-state index in [1.165, 1.54) is 0 Å². The molecule has 3 N–H and O–H groups in total. The molecule has 0 aliphatic carbocycles. The highest BCUT2D eigenvalue weighted by atomic mass is 32.2. The molecule has 0 spiro atoms. The molecule has 0 aliphatic heterocycles. The largest absolute Gasteiger partial charge is 0.750 e. The molecule has 0 rings (SSSR count). The van der Waals surface area contributed by atoms with Crippen LogP contribution in [0, 0.1) is 11.1 Å². The minimum Gasteiger partial charge on any atom is -0.750 e. The lowest BCUT2D eigenvalue weighted by atomic mass is 13.0. The van der Waals surface area contributed by atoms with Crippen LogP contribution in [0.25, 0.3) is 0 Å². The molecule has 42 valence electrons. The van der Waals surface area contributed by atoms with Gasteiger partial charge in [0.1, 0.15) is 11.1 Å². The summed E-state index contributed by atoms with van der Waals surface area (Å²) in [6, 6.07) is 0. The van der Waals surface area contributed by atoms with E-state index in [1.54, 1.807) is 0 Å². The standard InChI is InChI=1S/H2N3.H2O3S/c1-3-2;1-4(2)3/h1-2H;(H2,1,2,3)/q+1;/p-1. The van der Waals surface area contributed by atoms with E-state index >= 15 is 0 Å². The maximum atomic E-state index is 8.56. The van der Waals surface area contributed by atoms with Crippen LogP contribution < -0.4 is 4.91 Å². The number of nitrogens with zero attached hydrogens (tertiary/aromatic N) is 1. The number of hydrogen-bond donors (Lipinski definition) is 3. The van der Waals surface area contributed by atoms with Crippen molar-refractivity contribution in [3.05, 3.63) is 0 Å². The molecule has 0 amide bonds. The van der Waals surface area contributed by atoms with Crippen LogP contribution in [-0.4, -0.2) is 13.3 Å². The van der Waals surface area contributed by atoms with Crippen LogP contribution in [0.15, 0.2) is 0 Å². The van der Waals surface area contributed by atoms with Gasteiger partial charge in [-0.3, -0.25) is 0 Å². The molecule has 0 fully saturated rings. The van der Waals surface area contributed by atoms with Gasteiger partial charge in [-0.2, -0.15) is 0 Å². The fraction of sp³-hybridized carbons (Fsp3) is 0. The second-order valence-electron chi connectivity index (χ2n) is 0.329. The number of hydrogen-bond acceptors (Lipinski definition) is 4. The van der Waals surface area contributed by atoms with Crippen molar-refractivity contribution in [3.63, 3.8) is 0 Å². The van der Waals surface area contributed by atoms with Crippen LogP contribution >= 0.6 is 0 Å². The summed E-state index contributed by atoms with van der Waals surface area (Å²) in [4.78, 5) is 2.00. The first-order chi connectivity index (χ1) is 3.15. The molecule has 6 nitrogen and oxygen atoms in total. The quantitative estimate of drug-likeness (QED) is 0.228. The Morgan fingerprint density at radius 3 is 1.71 bits per heavy atom. The van der Waals surface area contributed by atoms with Gasteiger partial charge in [-0.25, -0.2) is 4.21 Å². The predicted octanol–water partition coefficient (Wildman–Crippen LogP) is -0.546. The van der Waals surface area contributed by atoms with Gasteiger partial charge in [-0.15, -0.1) is 0 Å². The molecule has 0 saturated heterocycles. The van der Waals surface area contributed by atoms with Gasteiger partial charge in [0.2, 0.25) is 4.91 Å². The summed E-state index contributed by atoms with van der Waals surface area (Å²) < 4.78 is 24.1. The van der Waals surface area contributed by atoms with E-state index < -0.39 is 11.4 Å². The molecular weight excluding hydrogens is 122 g/mol. The highest BCUT2D eigenvalue weighted by Gasteiger charge is 1.42. The fourth-order valence-electron chi connectivity index (χ4n) is 0. The normalized spacial score (nSPS) is 10.0. The third kappa shape index (κ3) is 160. The van der Waals surface area contributed by atoms with Crippen LogP contribution in [0.3, 0.4) is 0 Å². The van der Waals surface area contributed by atoms with Gasteiger partial charge in [0.15, 0.2) is 0 Å². The SMILES string of the molecule is N=[N+]=N.O=S([O-])O. The Morgan fingerprint density at radius 2 is 1.71 bits per heavy atom. The number of rotatable bonds is 0. The highest BCUT2D eigenvalue weighted by molar-refractivity contribution is 7.73. The summed E-state index contributed by atoms with van der Waals surface area (Å²) in [5.41, 5.74) is 11.0. The van der Waals surface area contributed by atoms with E-state index in [1.807, 2.05) is 4.91 Å². The Balaban J connectivity index is 0. The average Bonchev–Trinajstić information content (AvgIpc) is 1.33. The van der Waals surface area contributed by atoms with Crippen LogP contribution in [0.1, 0.15) is 0 Å². The first-order valence-electron chi connectivity index (χ1n) is 0.963. The molecule has 7 heteroatoms. The monoisotopic (exact) mass is 125 g/mol. The van der Waals surface area contributed by atoms with Crippen molar-refractivity contribution in [2.75, 3.05) is 0 Å². The second kappa shape index (κ2) is 9.03. The molecule has 0 aromatic carbocycles. The second-order valence-corrected chi connectivity index (χ2v) is 0.763. The zero-order chi connectivity index (χ0) is 6.28. The first kappa shape index (κ1) is 9.63. The predicted molar refractivity (Wildman–Crippen MR) is 19.1 cm³/mol. The van der Waals surface area contributed by atoms with E-state index in [9.17, 15) is 0 Å². The minimum atomic E-state index is -2.86. The summed E-state index contributed by atoms with van der Waals surface area (Å²) in [5, 5.41) is 0. The topological polar surface area (TPSA) is 122 Å². The zero-order valence-electron chi connectivity index (χ0n) is 3.12. The molecule has 0 bridgehead atoms. The summed E-state index contributed by atoms with van der Waals surface area (Å²) >= 11 is -2.86. The molecule has 0 aromatic rings. The van der Waals surface area contributed by atoms with Crippen LogP contribution in [0.4, 0.5) is 0 Å². The van der Waals surface area contributed by atoms with E-state index in [0.717, 1.165) is 0 Å². The molecule has 0 radical (unpaired) electrons. The van der Waals surface area contributed by atoms with Crippen molar-refractivity contribution in [1.82, 2.24) is 4.91 Å². The maximum absolute atomic E-state index is 8.56. The van der Waals surface area contributed by atoms with Gasteiger partial charge >= 0.3 is 0 Å². The third-order valence-corrected chi connectivity index (χ3v) is 0. The number of nitrogens with one attached hydrogen (secondary N) is 2. The molecule has 0 heterocycles. The first-order valence-corrected chi connectivity index (χ1v) is 1.99. The van der Waals surface area contributed by atoms with Crippen LogP contribution in [0.5, 0.6) is 0 Å². The van der Waals surface area contributed by atoms with Gasteiger partial charge in [0, 0.05) is 0 Å². The zero-order valence-corrected chi connectivity index (χ0v) is 3.94. The lowest BCUT2D eigenvalue weighted by molar-refractivity contribution is 0.436. The van der Waals surface area contributed by atoms with Gasteiger partial charge in [-0.05, 0) is 0 Å². The van der Waals surface area contributed by atoms with Crippen LogP contribution in [-0.2, 0) is 11.4 Å². The van der Waals surface area contributed by atoms with Crippen molar-refractivity contribution in [2.24, 2.45) is 0 Å². The summed E-state index contributed by atoms with van der Waals surface area (Å²) in [6.45, 7) is 0. The van der Waals surface area contributed by atoms with Gasteiger partial charge in [0.25, 0.3) is 0 Å². The third-order valence-electron chi connectivity index (χ3n) is 0. The molecule has 0 aliphatic rings. The van der Waals surface area contributed by atoms with E-state index in [2.05, 4.69) is 0 Å². The van der Waals surface area contributed by atoms with Gasteiger partial charge in [0.05, 0.1) is 11.4 Å². The molecule has 0 saturated carbocycles. The average molecular weight is 125 g/mol. The Morgan fingerprint density at radius 1 is 1.71 bits per heavy atom. The van der Waals surface area contributed by atoms with Crippen molar-refractivity contribution in [2.45, 2.75) is 0 Å². The van der Waals surface area contributed by atoms with E-state index in [-0.39, 0.29) is 0 Å². The minimum absolute atomic E-state index is 2.00. The van der Waals surface area contributed by atoms with Crippen molar-refractivity contribution in [1.29, 1.82) is 11.1 Å². The van der Waals surface area contributed by atoms with Crippen molar-refractivity contribution < 1.29 is 13.3 Å². The maximum Gasteiger partial charge on any atom is 0.211 e. The molecular formula is H3N3O3S. The van der Waals surface area contributed by atoms with Crippen LogP contribution in [0.2, 0.25) is 0 Å². The Kier molecular flexibility index (Phi) is 12.4. The lowest BCUT2D eigenvalue weighted by Crippen LogP contribution is -1.75. The molecule has 1 atom stereocenters. The molecule has 7 heavy (non-hydrogen) atoms. The summed E-state index contributed by atoms with van der Waals surface area (Å²) in [6.07, 6.45) is 0. The molecule has 0 aromatic heterocycles. The Labute approximate surface area is 41.7 Å². The summed E-state index contributed by atoms with van der Waals surface area (Å²) in [5.74, 6) is 0. The van der Waals surface area contributed by atoms with E-state index in [4.69, 9.17) is 24.4 Å². The smallest absolute Gasteiger partial charge is 0.211 e. The summed E-state index contributed by atoms with van der Waals surface area (Å²) in [7, 11) is 0. The van der Waals surface area contributed by atoms with Gasteiger partial charge in [-0.1, -0.05) is 0 Å². The van der Waals surface area contributed by atoms with E-state index in [0.29, 0.717) is 0 Å². The Bertz CT molecular complexity index is 78.2. The van der Waals surface area contributed by atoms with Gasteiger partial charge < -0.3 is 9.11 Å². The Hall–Kier alpha value is -0.620. The molecule has 1 unspecified atom stereocenters. The lowest BCUT2D eigenvalue weighted by Gasteiger charge is -1.83. The van der Waals surface area contributed by atoms with Crippen molar-refractivity contribution >= 4 is 11.4 Å². The fourth-order valence-corrected chi connectivity index (χ4v) is 0. The van der Waals surface area contributed by atoms with Crippen molar-refractivity contribution in [3.8, 4) is 0 Å².